The van der Waals surface area contributed by atoms with Gasteiger partial charge in [0.25, 0.3) is 0 Å². The Morgan fingerprint density at radius 1 is 1.22 bits per heavy atom. The highest BCUT2D eigenvalue weighted by atomic mass is 32.2. The molecule has 0 aliphatic heterocycles. The summed E-state index contributed by atoms with van der Waals surface area (Å²) in [6.07, 6.45) is 2.39. The predicted molar refractivity (Wildman–Crippen MR) is 100 cm³/mol. The van der Waals surface area contributed by atoms with Crippen molar-refractivity contribution in [1.82, 2.24) is 5.32 Å². The van der Waals surface area contributed by atoms with Crippen LogP contribution in [0.15, 0.2) is 24.3 Å². The molecular weight excluding hydrogens is 308 g/mol. The Balaban J connectivity index is 2.57. The average molecular weight is 339 g/mol. The monoisotopic (exact) mass is 338 g/mol. The molecule has 1 aromatic carbocycles. The first-order valence-corrected chi connectivity index (χ1v) is 9.46. The Bertz CT molecular complexity index is 490. The molecule has 0 aliphatic rings. The average Bonchev–Trinajstić information content (AvgIpc) is 2.48. The van der Waals surface area contributed by atoms with E-state index in [-0.39, 0.29) is 29.8 Å². The highest BCUT2D eigenvalue weighted by molar-refractivity contribution is 7.99. The van der Waals surface area contributed by atoms with E-state index < -0.39 is 0 Å². The lowest BCUT2D eigenvalue weighted by molar-refractivity contribution is -0.116. The number of nitrogens with one attached hydrogen (secondary N) is 2. The summed E-state index contributed by atoms with van der Waals surface area (Å²) in [6.45, 7) is 8.41. The van der Waals surface area contributed by atoms with Crippen LogP contribution >= 0.6 is 11.8 Å². The fourth-order valence-corrected chi connectivity index (χ4v) is 3.28. The molecule has 1 rings (SSSR count). The second-order valence-electron chi connectivity index (χ2n) is 6.31. The number of anilines is 1. The van der Waals surface area contributed by atoms with Gasteiger partial charge >= 0.3 is 0 Å². The number of carbonyl (C=O) groups is 1. The van der Waals surface area contributed by atoms with Crippen molar-refractivity contribution < 1.29 is 9.90 Å². The summed E-state index contributed by atoms with van der Waals surface area (Å²) in [5.74, 6) is 0.379. The Morgan fingerprint density at radius 3 is 2.43 bits per heavy atom. The van der Waals surface area contributed by atoms with Gasteiger partial charge in [-0.15, -0.1) is 0 Å². The van der Waals surface area contributed by atoms with Crippen molar-refractivity contribution in [3.8, 4) is 0 Å². The molecule has 0 saturated carbocycles. The second-order valence-corrected chi connectivity index (χ2v) is 7.38. The number of aliphatic hydroxyl groups is 1. The van der Waals surface area contributed by atoms with Crippen LogP contribution in [0.25, 0.3) is 0 Å². The highest BCUT2D eigenvalue weighted by Crippen LogP contribution is 2.23. The van der Waals surface area contributed by atoms with E-state index in [1.165, 1.54) is 0 Å². The van der Waals surface area contributed by atoms with Crippen molar-refractivity contribution in [2.45, 2.75) is 57.4 Å². The van der Waals surface area contributed by atoms with Crippen LogP contribution in [-0.2, 0) is 4.79 Å². The lowest BCUT2D eigenvalue weighted by Gasteiger charge is -2.25. The fourth-order valence-electron chi connectivity index (χ4n) is 2.65. The Hall–Kier alpha value is -1.04. The fraction of sp³-hybridized carbons (Fsp3) is 0.611. The number of para-hydroxylation sites is 1. The summed E-state index contributed by atoms with van der Waals surface area (Å²) in [6, 6.07) is 8.14. The summed E-state index contributed by atoms with van der Waals surface area (Å²) >= 11 is 1.63. The zero-order valence-electron chi connectivity index (χ0n) is 14.8. The Morgan fingerprint density at radius 2 is 1.87 bits per heavy atom. The van der Waals surface area contributed by atoms with Gasteiger partial charge in [0.05, 0.1) is 6.61 Å². The van der Waals surface area contributed by atoms with Crippen LogP contribution < -0.4 is 10.6 Å². The van der Waals surface area contributed by atoms with E-state index >= 15 is 0 Å². The maximum absolute atomic E-state index is 12.3. The van der Waals surface area contributed by atoms with Crippen molar-refractivity contribution in [3.05, 3.63) is 29.8 Å². The quantitative estimate of drug-likeness (QED) is 0.647. The molecule has 0 saturated heterocycles. The first kappa shape index (κ1) is 20.0. The molecule has 0 heterocycles. The summed E-state index contributed by atoms with van der Waals surface area (Å²) in [4.78, 5) is 12.3. The van der Waals surface area contributed by atoms with Gasteiger partial charge in [-0.3, -0.25) is 4.79 Å². The SMILES string of the molecule is CSC(CO)C(C)NC(C)CC(=O)Nc1ccccc1C(C)C. The van der Waals surface area contributed by atoms with Crippen LogP contribution in [0, 0.1) is 0 Å². The molecule has 4 nitrogen and oxygen atoms in total. The zero-order chi connectivity index (χ0) is 17.4. The van der Waals surface area contributed by atoms with Crippen molar-refractivity contribution in [1.29, 1.82) is 0 Å². The summed E-state index contributed by atoms with van der Waals surface area (Å²) in [5, 5.41) is 15.9. The van der Waals surface area contributed by atoms with Gasteiger partial charge in [-0.2, -0.15) is 11.8 Å². The van der Waals surface area contributed by atoms with E-state index in [9.17, 15) is 9.90 Å². The standard InChI is InChI=1S/C18H30N2O2S/c1-12(2)15-8-6-7-9-16(15)20-18(22)10-13(3)19-14(4)17(11-21)23-5/h6-9,12-14,17,19,21H,10-11H2,1-5H3,(H,20,22). The zero-order valence-corrected chi connectivity index (χ0v) is 15.6. The minimum Gasteiger partial charge on any atom is -0.395 e. The van der Waals surface area contributed by atoms with Crippen molar-refractivity contribution in [2.24, 2.45) is 0 Å². The largest absolute Gasteiger partial charge is 0.395 e. The molecule has 0 fully saturated rings. The van der Waals surface area contributed by atoms with E-state index in [1.807, 2.05) is 44.4 Å². The topological polar surface area (TPSA) is 61.4 Å². The molecule has 0 aliphatic carbocycles. The number of benzene rings is 1. The van der Waals surface area contributed by atoms with Crippen LogP contribution in [0.5, 0.6) is 0 Å². The molecule has 3 unspecified atom stereocenters. The molecule has 1 aromatic rings. The summed E-state index contributed by atoms with van der Waals surface area (Å²) in [5.41, 5.74) is 2.04. The number of carbonyl (C=O) groups excluding carboxylic acids is 1. The van der Waals surface area contributed by atoms with E-state index in [2.05, 4.69) is 24.5 Å². The number of hydrogen-bond acceptors (Lipinski definition) is 4. The normalized spacial score (nSPS) is 15.3. The molecule has 0 aromatic heterocycles. The third-order valence-electron chi connectivity index (χ3n) is 3.94. The predicted octanol–water partition coefficient (Wildman–Crippen LogP) is 3.23. The first-order chi connectivity index (χ1) is 10.9. The first-order valence-electron chi connectivity index (χ1n) is 8.17. The van der Waals surface area contributed by atoms with Crippen LogP contribution in [0.3, 0.4) is 0 Å². The summed E-state index contributed by atoms with van der Waals surface area (Å²) < 4.78 is 0. The number of aliphatic hydroxyl groups excluding tert-OH is 1. The number of thioether (sulfide) groups is 1. The van der Waals surface area contributed by atoms with E-state index in [0.717, 1.165) is 11.3 Å². The molecule has 0 spiro atoms. The molecule has 1 amide bonds. The lowest BCUT2D eigenvalue weighted by atomic mass is 10.0. The van der Waals surface area contributed by atoms with Crippen LogP contribution in [0.1, 0.15) is 45.6 Å². The number of amides is 1. The lowest BCUT2D eigenvalue weighted by Crippen LogP contribution is -2.43. The second kappa shape index (κ2) is 9.96. The third kappa shape index (κ3) is 6.53. The molecule has 23 heavy (non-hydrogen) atoms. The van der Waals surface area contributed by atoms with Crippen LogP contribution in [0.4, 0.5) is 5.69 Å². The van der Waals surface area contributed by atoms with E-state index in [1.54, 1.807) is 11.8 Å². The van der Waals surface area contributed by atoms with E-state index in [4.69, 9.17) is 0 Å². The molecule has 130 valence electrons. The Kier molecular flexibility index (Phi) is 8.66. The van der Waals surface area contributed by atoms with Gasteiger partial charge in [0.1, 0.15) is 0 Å². The summed E-state index contributed by atoms with van der Waals surface area (Å²) in [7, 11) is 0. The number of rotatable bonds is 9. The van der Waals surface area contributed by atoms with Crippen molar-refractivity contribution >= 4 is 23.4 Å². The minimum atomic E-state index is 0.00926. The molecule has 5 heteroatoms. The van der Waals surface area contributed by atoms with Gasteiger partial charge in [0, 0.05) is 29.4 Å². The maximum Gasteiger partial charge on any atom is 0.225 e. The highest BCUT2D eigenvalue weighted by Gasteiger charge is 2.19. The molecule has 0 bridgehead atoms. The molecule has 3 N–H and O–H groups in total. The maximum atomic E-state index is 12.3. The van der Waals surface area contributed by atoms with Crippen LogP contribution in [-0.4, -0.2) is 41.2 Å². The van der Waals surface area contributed by atoms with Gasteiger partial charge < -0.3 is 15.7 Å². The van der Waals surface area contributed by atoms with Gasteiger partial charge in [0.15, 0.2) is 0 Å². The van der Waals surface area contributed by atoms with Gasteiger partial charge in [-0.25, -0.2) is 0 Å². The third-order valence-corrected chi connectivity index (χ3v) is 5.10. The smallest absolute Gasteiger partial charge is 0.225 e. The van der Waals surface area contributed by atoms with E-state index in [0.29, 0.717) is 12.3 Å². The molecular formula is C18H30N2O2S. The van der Waals surface area contributed by atoms with Gasteiger partial charge in [0.2, 0.25) is 5.91 Å². The van der Waals surface area contributed by atoms with Crippen molar-refractivity contribution in [2.75, 3.05) is 18.2 Å². The minimum absolute atomic E-state index is 0.00926. The van der Waals surface area contributed by atoms with Crippen molar-refractivity contribution in [3.63, 3.8) is 0 Å². The Labute approximate surface area is 144 Å². The molecule has 3 atom stereocenters. The molecule has 0 radical (unpaired) electrons. The van der Waals surface area contributed by atoms with Crippen LogP contribution in [0.2, 0.25) is 0 Å². The van der Waals surface area contributed by atoms with Gasteiger partial charge in [-0.1, -0.05) is 32.0 Å². The number of hydrogen-bond donors (Lipinski definition) is 3. The van der Waals surface area contributed by atoms with Gasteiger partial charge in [-0.05, 0) is 37.7 Å².